The average Bonchev–Trinajstić information content (AvgIpc) is 2.85. The van der Waals surface area contributed by atoms with Gasteiger partial charge in [-0.2, -0.15) is 0 Å². The van der Waals surface area contributed by atoms with Crippen molar-refractivity contribution < 1.29 is 14.3 Å². The van der Waals surface area contributed by atoms with E-state index in [0.717, 1.165) is 43.0 Å². The molecule has 4 atom stereocenters. The number of aromatic nitrogens is 2. The lowest BCUT2D eigenvalue weighted by molar-refractivity contribution is -0.139. The Morgan fingerprint density at radius 3 is 2.73 bits per heavy atom. The Hall–Kier alpha value is -2.70. The molecule has 2 saturated heterocycles. The van der Waals surface area contributed by atoms with Crippen LogP contribution in [0.1, 0.15) is 46.0 Å². The van der Waals surface area contributed by atoms with E-state index >= 15 is 0 Å². The predicted molar refractivity (Wildman–Crippen MR) is 112 cm³/mol. The number of carbonyl (C=O) groups excluding carboxylic acids is 2. The molecule has 1 saturated carbocycles. The maximum Gasteiger partial charge on any atom is 0.261 e. The standard InChI is InChI=1S/C23H28N4O3/c1-15(28)26-12-16-11-23(2)19(26)9-5-6-10-20(23)27(16)21(29)13-30-22-17-7-3-4-8-18(17)24-14-25-22/h3-4,7-8,14,16,19-20H,5-6,9-13H2,1-2H3/t16-,19+,20-,23+/m0/s1. The van der Waals surface area contributed by atoms with E-state index in [1.165, 1.54) is 6.33 Å². The van der Waals surface area contributed by atoms with Crippen LogP contribution in [0.25, 0.3) is 10.9 Å². The lowest BCUT2D eigenvalue weighted by atomic mass is 9.71. The summed E-state index contributed by atoms with van der Waals surface area (Å²) in [5, 5.41) is 0.803. The minimum absolute atomic E-state index is 0.0116. The van der Waals surface area contributed by atoms with Crippen LogP contribution in [0.2, 0.25) is 0 Å². The second-order valence-electron chi connectivity index (χ2n) is 9.14. The molecule has 2 amide bonds. The summed E-state index contributed by atoms with van der Waals surface area (Å²) in [6.45, 7) is 4.52. The molecule has 2 aliphatic heterocycles. The van der Waals surface area contributed by atoms with Gasteiger partial charge in [-0.3, -0.25) is 9.59 Å². The van der Waals surface area contributed by atoms with E-state index in [9.17, 15) is 9.59 Å². The molecule has 1 aromatic carbocycles. The van der Waals surface area contributed by atoms with Crippen molar-refractivity contribution in [1.82, 2.24) is 19.8 Å². The van der Waals surface area contributed by atoms with Gasteiger partial charge in [0.15, 0.2) is 6.61 Å². The fourth-order valence-electron chi connectivity index (χ4n) is 6.19. The van der Waals surface area contributed by atoms with Crippen LogP contribution < -0.4 is 4.74 Å². The number of benzene rings is 1. The molecule has 0 radical (unpaired) electrons. The van der Waals surface area contributed by atoms with Gasteiger partial charge in [-0.25, -0.2) is 9.97 Å². The predicted octanol–water partition coefficient (Wildman–Crippen LogP) is 2.79. The third kappa shape index (κ3) is 2.94. The zero-order chi connectivity index (χ0) is 20.9. The molecule has 1 aromatic heterocycles. The van der Waals surface area contributed by atoms with Crippen LogP contribution >= 0.6 is 0 Å². The maximum absolute atomic E-state index is 13.4. The lowest BCUT2D eigenvalue weighted by Gasteiger charge is -2.46. The van der Waals surface area contributed by atoms with Gasteiger partial charge in [-0.1, -0.05) is 31.9 Å². The molecule has 2 bridgehead atoms. The minimum atomic E-state index is -0.0468. The van der Waals surface area contributed by atoms with Crippen LogP contribution in [0.4, 0.5) is 0 Å². The van der Waals surface area contributed by atoms with Crippen molar-refractivity contribution in [3.8, 4) is 5.88 Å². The monoisotopic (exact) mass is 408 g/mol. The number of likely N-dealkylation sites (tertiary alicyclic amines) is 2. The minimum Gasteiger partial charge on any atom is -0.467 e. The number of ether oxygens (including phenoxy) is 1. The highest BCUT2D eigenvalue weighted by molar-refractivity contribution is 5.84. The van der Waals surface area contributed by atoms with Crippen LogP contribution in [0.3, 0.4) is 0 Å². The molecule has 0 spiro atoms. The van der Waals surface area contributed by atoms with Gasteiger partial charge in [0.1, 0.15) is 6.33 Å². The van der Waals surface area contributed by atoms with Crippen molar-refractivity contribution in [3.63, 3.8) is 0 Å². The van der Waals surface area contributed by atoms with Crippen molar-refractivity contribution in [3.05, 3.63) is 30.6 Å². The molecule has 3 aliphatic rings. The number of nitrogens with zero attached hydrogens (tertiary/aromatic N) is 4. The Kier molecular flexibility index (Phi) is 4.64. The summed E-state index contributed by atoms with van der Waals surface area (Å²) < 4.78 is 5.90. The summed E-state index contributed by atoms with van der Waals surface area (Å²) in [5.74, 6) is 0.545. The smallest absolute Gasteiger partial charge is 0.261 e. The van der Waals surface area contributed by atoms with E-state index in [1.807, 2.05) is 34.1 Å². The molecule has 3 fully saturated rings. The van der Waals surface area contributed by atoms with Crippen molar-refractivity contribution in [1.29, 1.82) is 0 Å². The van der Waals surface area contributed by atoms with Gasteiger partial charge in [0, 0.05) is 31.0 Å². The quantitative estimate of drug-likeness (QED) is 0.781. The maximum atomic E-state index is 13.4. The fraction of sp³-hybridized carbons (Fsp3) is 0.565. The largest absolute Gasteiger partial charge is 0.467 e. The van der Waals surface area contributed by atoms with E-state index in [1.54, 1.807) is 6.92 Å². The Bertz CT molecular complexity index is 990. The van der Waals surface area contributed by atoms with Crippen LogP contribution in [0.15, 0.2) is 30.6 Å². The summed E-state index contributed by atoms with van der Waals surface area (Å²) >= 11 is 0. The van der Waals surface area contributed by atoms with E-state index in [0.29, 0.717) is 12.4 Å². The highest BCUT2D eigenvalue weighted by atomic mass is 16.5. The lowest BCUT2D eigenvalue weighted by Crippen LogP contribution is -2.55. The summed E-state index contributed by atoms with van der Waals surface area (Å²) in [4.78, 5) is 38.3. The molecule has 5 rings (SSSR count). The van der Waals surface area contributed by atoms with Crippen molar-refractivity contribution in [2.24, 2.45) is 5.41 Å². The number of hydrogen-bond acceptors (Lipinski definition) is 5. The SMILES string of the molecule is CC(=O)N1C[C@@H]2C[C@@]3(C)[C@H](CCCC[C@@H]13)N2C(=O)COc1ncnc2ccccc12. The highest BCUT2D eigenvalue weighted by Crippen LogP contribution is 2.53. The number of amides is 2. The van der Waals surface area contributed by atoms with E-state index in [4.69, 9.17) is 4.74 Å². The summed E-state index contributed by atoms with van der Waals surface area (Å²) in [6.07, 6.45) is 6.66. The number of rotatable bonds is 3. The number of fused-ring (bicyclic) bond motifs is 2. The zero-order valence-corrected chi connectivity index (χ0v) is 17.6. The van der Waals surface area contributed by atoms with Crippen molar-refractivity contribution >= 4 is 22.7 Å². The second-order valence-corrected chi connectivity index (χ2v) is 9.14. The van der Waals surface area contributed by atoms with Gasteiger partial charge in [-0.05, 0) is 31.4 Å². The molecule has 0 unspecified atom stereocenters. The molecular weight excluding hydrogens is 380 g/mol. The Morgan fingerprint density at radius 2 is 1.93 bits per heavy atom. The molecule has 30 heavy (non-hydrogen) atoms. The second kappa shape index (κ2) is 7.22. The Labute approximate surface area is 176 Å². The third-order valence-electron chi connectivity index (χ3n) is 7.45. The topological polar surface area (TPSA) is 75.6 Å². The molecule has 7 heteroatoms. The third-order valence-corrected chi connectivity index (χ3v) is 7.45. The van der Waals surface area contributed by atoms with Crippen LogP contribution in [0, 0.1) is 5.41 Å². The average molecular weight is 409 g/mol. The van der Waals surface area contributed by atoms with Gasteiger partial charge in [0.25, 0.3) is 5.91 Å². The molecule has 3 heterocycles. The first kappa shape index (κ1) is 19.3. The first-order valence-electron chi connectivity index (χ1n) is 10.9. The molecule has 158 valence electrons. The van der Waals surface area contributed by atoms with Gasteiger partial charge in [0.2, 0.25) is 11.8 Å². The molecular formula is C23H28N4O3. The number of carbonyl (C=O) groups is 2. The van der Waals surface area contributed by atoms with Crippen molar-refractivity contribution in [2.45, 2.75) is 64.1 Å². The number of piperidine rings is 1. The summed E-state index contributed by atoms with van der Waals surface area (Å²) in [5.41, 5.74) is 0.755. The molecule has 1 aliphatic carbocycles. The van der Waals surface area contributed by atoms with Crippen molar-refractivity contribution in [2.75, 3.05) is 13.2 Å². The normalized spacial score (nSPS) is 30.3. The van der Waals surface area contributed by atoms with E-state index in [-0.39, 0.29) is 42.0 Å². The first-order valence-corrected chi connectivity index (χ1v) is 10.9. The van der Waals surface area contributed by atoms with Gasteiger partial charge >= 0.3 is 0 Å². The Morgan fingerprint density at radius 1 is 1.17 bits per heavy atom. The highest BCUT2D eigenvalue weighted by Gasteiger charge is 2.60. The van der Waals surface area contributed by atoms with Gasteiger partial charge < -0.3 is 14.5 Å². The first-order chi connectivity index (χ1) is 14.5. The van der Waals surface area contributed by atoms with E-state index in [2.05, 4.69) is 16.9 Å². The zero-order valence-electron chi connectivity index (χ0n) is 17.6. The molecule has 2 aromatic rings. The number of para-hydroxylation sites is 1. The van der Waals surface area contributed by atoms with Crippen LogP contribution in [0.5, 0.6) is 5.88 Å². The molecule has 0 N–H and O–H groups in total. The van der Waals surface area contributed by atoms with Crippen LogP contribution in [-0.2, 0) is 9.59 Å². The molecule has 7 nitrogen and oxygen atoms in total. The van der Waals surface area contributed by atoms with Gasteiger partial charge in [-0.15, -0.1) is 0 Å². The number of hydrogen-bond donors (Lipinski definition) is 0. The summed E-state index contributed by atoms with van der Waals surface area (Å²) in [7, 11) is 0. The fourth-order valence-corrected chi connectivity index (χ4v) is 6.19. The summed E-state index contributed by atoms with van der Waals surface area (Å²) in [6, 6.07) is 8.08. The Balaban J connectivity index is 1.40. The van der Waals surface area contributed by atoms with E-state index < -0.39 is 0 Å². The van der Waals surface area contributed by atoms with Gasteiger partial charge in [0.05, 0.1) is 16.9 Å². The van der Waals surface area contributed by atoms with Crippen LogP contribution in [-0.4, -0.2) is 62.9 Å².